The predicted octanol–water partition coefficient (Wildman–Crippen LogP) is 4.28. The molecule has 1 aliphatic rings. The average Bonchev–Trinajstić information content (AvgIpc) is 3.24. The van der Waals surface area contributed by atoms with Gasteiger partial charge in [-0.05, 0) is 43.0 Å². The number of aromatic amines is 1. The summed E-state index contributed by atoms with van der Waals surface area (Å²) in [4.78, 5) is 33.6. The summed E-state index contributed by atoms with van der Waals surface area (Å²) < 4.78 is 0. The molecule has 7 heteroatoms. The molecule has 3 N–H and O–H groups in total. The lowest BCUT2D eigenvalue weighted by atomic mass is 9.89. The van der Waals surface area contributed by atoms with E-state index in [1.54, 1.807) is 6.07 Å². The molecule has 0 atom stereocenters. The molecule has 3 aromatic rings. The molecule has 2 aromatic carbocycles. The molecule has 6 nitrogen and oxygen atoms in total. The van der Waals surface area contributed by atoms with Crippen LogP contribution in [-0.2, 0) is 11.3 Å². The van der Waals surface area contributed by atoms with Crippen molar-refractivity contribution < 1.29 is 9.59 Å². The number of imidazole rings is 1. The molecular formula is C24H28N4O2S. The Labute approximate surface area is 186 Å². The van der Waals surface area contributed by atoms with Gasteiger partial charge in [0.05, 0.1) is 28.9 Å². The lowest BCUT2D eigenvalue weighted by molar-refractivity contribution is -0.118. The number of aromatic nitrogens is 2. The number of para-hydroxylation sites is 2. The second-order valence-corrected chi connectivity index (χ2v) is 8.99. The van der Waals surface area contributed by atoms with Crippen molar-refractivity contribution in [1.82, 2.24) is 20.6 Å². The highest BCUT2D eigenvalue weighted by Crippen LogP contribution is 2.24. The molecule has 1 aliphatic carbocycles. The number of rotatable bonds is 8. The first-order chi connectivity index (χ1) is 15.2. The van der Waals surface area contributed by atoms with Crippen molar-refractivity contribution in [3.63, 3.8) is 0 Å². The highest BCUT2D eigenvalue weighted by molar-refractivity contribution is 8.00. The average molecular weight is 437 g/mol. The molecule has 0 bridgehead atoms. The van der Waals surface area contributed by atoms with Crippen molar-refractivity contribution in [2.45, 2.75) is 43.5 Å². The Bertz CT molecular complexity index is 1010. The summed E-state index contributed by atoms with van der Waals surface area (Å²) in [6, 6.07) is 15.2. The quantitative estimate of drug-likeness (QED) is 0.460. The number of H-pyrrole nitrogens is 1. The van der Waals surface area contributed by atoms with Crippen molar-refractivity contribution in [2.24, 2.45) is 5.92 Å². The fourth-order valence-electron chi connectivity index (χ4n) is 3.97. The number of fused-ring (bicyclic) bond motifs is 1. The van der Waals surface area contributed by atoms with E-state index in [0.29, 0.717) is 29.6 Å². The second kappa shape index (κ2) is 10.5. The smallest absolute Gasteiger partial charge is 0.252 e. The van der Waals surface area contributed by atoms with Gasteiger partial charge in [-0.1, -0.05) is 43.5 Å². The number of benzene rings is 2. The molecule has 0 unspecified atom stereocenters. The molecule has 31 heavy (non-hydrogen) atoms. The normalized spacial score (nSPS) is 14.5. The zero-order chi connectivity index (χ0) is 21.5. The van der Waals surface area contributed by atoms with E-state index < -0.39 is 0 Å². The van der Waals surface area contributed by atoms with Crippen molar-refractivity contribution >= 4 is 34.6 Å². The Morgan fingerprint density at radius 1 is 1.00 bits per heavy atom. The Hall–Kier alpha value is -2.80. The summed E-state index contributed by atoms with van der Waals surface area (Å²) in [6.45, 7) is 1.08. The van der Waals surface area contributed by atoms with Gasteiger partial charge in [0.1, 0.15) is 5.82 Å². The maximum Gasteiger partial charge on any atom is 0.252 e. The first-order valence-corrected chi connectivity index (χ1v) is 11.9. The van der Waals surface area contributed by atoms with Gasteiger partial charge < -0.3 is 15.6 Å². The Morgan fingerprint density at radius 3 is 2.61 bits per heavy atom. The Balaban J connectivity index is 1.29. The first-order valence-electron chi connectivity index (χ1n) is 10.9. The van der Waals surface area contributed by atoms with Gasteiger partial charge in [-0.2, -0.15) is 0 Å². The minimum Gasteiger partial charge on any atom is -0.355 e. The first kappa shape index (κ1) is 21.4. The monoisotopic (exact) mass is 436 g/mol. The van der Waals surface area contributed by atoms with Gasteiger partial charge in [0, 0.05) is 11.4 Å². The molecular weight excluding hydrogens is 408 g/mol. The summed E-state index contributed by atoms with van der Waals surface area (Å²) in [5, 5.41) is 5.98. The van der Waals surface area contributed by atoms with E-state index in [1.165, 1.54) is 43.9 Å². The standard InChI is InChI=1S/C24H28N4O2S/c29-23(25-14-17-8-2-1-3-9-17)16-31-21-13-7-4-10-18(21)24(30)26-15-22-27-19-11-5-6-12-20(19)28-22/h4-7,10-13,17H,1-3,8-9,14-16H2,(H,25,29)(H,26,30)(H,27,28). The van der Waals surface area contributed by atoms with Crippen molar-refractivity contribution in [1.29, 1.82) is 0 Å². The molecule has 1 saturated carbocycles. The summed E-state index contributed by atoms with van der Waals surface area (Å²) in [5.74, 6) is 1.47. The van der Waals surface area contributed by atoms with Crippen LogP contribution in [0.5, 0.6) is 0 Å². The van der Waals surface area contributed by atoms with E-state index >= 15 is 0 Å². The van der Waals surface area contributed by atoms with Crippen LogP contribution in [0.15, 0.2) is 53.4 Å². The number of amides is 2. The van der Waals surface area contributed by atoms with Crippen molar-refractivity contribution in [3.05, 3.63) is 59.9 Å². The molecule has 2 amide bonds. The SMILES string of the molecule is O=C(CSc1ccccc1C(=O)NCc1nc2ccccc2[nH]1)NCC1CCCCC1. The summed E-state index contributed by atoms with van der Waals surface area (Å²) >= 11 is 1.40. The number of nitrogens with zero attached hydrogens (tertiary/aromatic N) is 1. The van der Waals surface area contributed by atoms with Gasteiger partial charge in [-0.3, -0.25) is 9.59 Å². The van der Waals surface area contributed by atoms with Crippen molar-refractivity contribution in [3.8, 4) is 0 Å². The minimum absolute atomic E-state index is 0.0214. The zero-order valence-corrected chi connectivity index (χ0v) is 18.3. The van der Waals surface area contributed by atoms with Gasteiger partial charge in [-0.25, -0.2) is 4.98 Å². The van der Waals surface area contributed by atoms with Gasteiger partial charge >= 0.3 is 0 Å². The van der Waals surface area contributed by atoms with E-state index in [4.69, 9.17) is 0 Å². The van der Waals surface area contributed by atoms with E-state index in [9.17, 15) is 9.59 Å². The van der Waals surface area contributed by atoms with Crippen LogP contribution in [0.2, 0.25) is 0 Å². The predicted molar refractivity (Wildman–Crippen MR) is 124 cm³/mol. The minimum atomic E-state index is -0.175. The van der Waals surface area contributed by atoms with Gasteiger partial charge in [0.2, 0.25) is 5.91 Å². The highest BCUT2D eigenvalue weighted by Gasteiger charge is 2.16. The molecule has 1 heterocycles. The summed E-state index contributed by atoms with van der Waals surface area (Å²) in [6.07, 6.45) is 6.27. The fourth-order valence-corrected chi connectivity index (χ4v) is 4.85. The Kier molecular flexibility index (Phi) is 7.25. The zero-order valence-electron chi connectivity index (χ0n) is 17.5. The van der Waals surface area contributed by atoms with E-state index in [0.717, 1.165) is 22.5 Å². The molecule has 0 saturated heterocycles. The molecule has 0 radical (unpaired) electrons. The number of carbonyl (C=O) groups excluding carboxylic acids is 2. The van der Waals surface area contributed by atoms with E-state index in [2.05, 4.69) is 20.6 Å². The molecule has 162 valence electrons. The van der Waals surface area contributed by atoms with Crippen LogP contribution in [0.3, 0.4) is 0 Å². The number of carbonyl (C=O) groups is 2. The molecule has 1 aromatic heterocycles. The number of nitrogens with one attached hydrogen (secondary N) is 3. The third-order valence-electron chi connectivity index (χ3n) is 5.66. The van der Waals surface area contributed by atoms with Crippen LogP contribution in [0.1, 0.15) is 48.3 Å². The third-order valence-corrected chi connectivity index (χ3v) is 6.73. The maximum absolute atomic E-state index is 12.8. The van der Waals surface area contributed by atoms with Gasteiger partial charge in [0.15, 0.2) is 0 Å². The van der Waals surface area contributed by atoms with E-state index in [1.807, 2.05) is 42.5 Å². The largest absolute Gasteiger partial charge is 0.355 e. The molecule has 0 spiro atoms. The van der Waals surface area contributed by atoms with Gasteiger partial charge in [0.25, 0.3) is 5.91 Å². The van der Waals surface area contributed by atoms with Crippen molar-refractivity contribution in [2.75, 3.05) is 12.3 Å². The van der Waals surface area contributed by atoms with Crippen LogP contribution >= 0.6 is 11.8 Å². The number of hydrogen-bond donors (Lipinski definition) is 3. The molecule has 0 aliphatic heterocycles. The van der Waals surface area contributed by atoms with Crippen LogP contribution in [0.25, 0.3) is 11.0 Å². The number of hydrogen-bond acceptors (Lipinski definition) is 4. The maximum atomic E-state index is 12.8. The Morgan fingerprint density at radius 2 is 1.77 bits per heavy atom. The van der Waals surface area contributed by atoms with Crippen LogP contribution < -0.4 is 10.6 Å². The van der Waals surface area contributed by atoms with Gasteiger partial charge in [-0.15, -0.1) is 11.8 Å². The number of thioether (sulfide) groups is 1. The highest BCUT2D eigenvalue weighted by atomic mass is 32.2. The van der Waals surface area contributed by atoms with Crippen LogP contribution in [0, 0.1) is 5.92 Å². The van der Waals surface area contributed by atoms with Crippen LogP contribution in [-0.4, -0.2) is 34.1 Å². The lowest BCUT2D eigenvalue weighted by Crippen LogP contribution is -2.31. The van der Waals surface area contributed by atoms with Crippen LogP contribution in [0.4, 0.5) is 0 Å². The third kappa shape index (κ3) is 5.88. The fraction of sp³-hybridized carbons (Fsp3) is 0.375. The second-order valence-electron chi connectivity index (χ2n) is 7.98. The lowest BCUT2D eigenvalue weighted by Gasteiger charge is -2.21. The topological polar surface area (TPSA) is 86.9 Å². The molecule has 4 rings (SSSR count). The molecule has 1 fully saturated rings. The summed E-state index contributed by atoms with van der Waals surface area (Å²) in [7, 11) is 0. The summed E-state index contributed by atoms with van der Waals surface area (Å²) in [5.41, 5.74) is 2.40. The van der Waals surface area contributed by atoms with E-state index in [-0.39, 0.29) is 11.8 Å².